The monoisotopic (exact) mass is 789 g/mol. The molecule has 5 aromatic carbocycles. The van der Waals surface area contributed by atoms with Gasteiger partial charge in [0, 0.05) is 43.3 Å². The van der Waals surface area contributed by atoms with Crippen LogP contribution in [-0.4, -0.2) is 9.97 Å². The fourth-order valence-electron chi connectivity index (χ4n) is 6.14. The number of pyridine rings is 2. The largest absolute Gasteiger partial charge is 0.500 e. The van der Waals surface area contributed by atoms with Crippen molar-refractivity contribution in [3.05, 3.63) is 144 Å². The summed E-state index contributed by atoms with van der Waals surface area (Å²) in [4.78, 5) is 9.08. The van der Waals surface area contributed by atoms with Crippen molar-refractivity contribution in [2.75, 3.05) is 0 Å². The maximum absolute atomic E-state index is 6.49. The molecule has 3 nitrogen and oxygen atoms in total. The molecule has 0 N–H and O–H groups in total. The van der Waals surface area contributed by atoms with Crippen molar-refractivity contribution in [1.82, 2.24) is 9.97 Å². The Morgan fingerprint density at radius 3 is 2.21 bits per heavy atom. The Labute approximate surface area is 290 Å². The number of hydrogen-bond acceptors (Lipinski definition) is 3. The Hall–Kier alpha value is -4.63. The first kappa shape index (κ1) is 32.3. The predicted octanol–water partition coefficient (Wildman–Crippen LogP) is 11.5. The average Bonchev–Trinajstić information content (AvgIpc) is 3.45. The summed E-state index contributed by atoms with van der Waals surface area (Å²) in [5.74, 6) is 0. The predicted molar refractivity (Wildman–Crippen MR) is 192 cm³/mol. The third-order valence-electron chi connectivity index (χ3n) is 8.41. The van der Waals surface area contributed by atoms with E-state index in [4.69, 9.17) is 4.42 Å². The van der Waals surface area contributed by atoms with E-state index in [1.165, 1.54) is 32.8 Å². The van der Waals surface area contributed by atoms with E-state index in [2.05, 4.69) is 130 Å². The Morgan fingerprint density at radius 1 is 0.702 bits per heavy atom. The fraction of sp³-hybridized carbons (Fsp3) is 0.163. The summed E-state index contributed by atoms with van der Waals surface area (Å²) in [6.07, 6.45) is 4.88. The number of furan rings is 1. The van der Waals surface area contributed by atoms with E-state index in [-0.39, 0.29) is 20.1 Å². The van der Waals surface area contributed by atoms with Crippen LogP contribution >= 0.6 is 0 Å². The molecule has 0 bridgehead atoms. The minimum absolute atomic E-state index is 0. The van der Waals surface area contributed by atoms with Gasteiger partial charge in [-0.2, -0.15) is 0 Å². The van der Waals surface area contributed by atoms with Gasteiger partial charge in [-0.1, -0.05) is 111 Å². The first-order valence-electron chi connectivity index (χ1n) is 15.8. The van der Waals surface area contributed by atoms with Crippen LogP contribution in [0.2, 0.25) is 0 Å². The molecular formula is C43H36IrN2O-2. The molecule has 1 radical (unpaired) electrons. The second-order valence-corrected chi connectivity index (χ2v) is 13.3. The number of nitrogens with zero attached hydrogens (tertiary/aromatic N) is 2. The smallest absolute Gasteiger partial charge is 0.129 e. The summed E-state index contributed by atoms with van der Waals surface area (Å²) in [6, 6.07) is 42.0. The summed E-state index contributed by atoms with van der Waals surface area (Å²) < 4.78 is 6.49. The summed E-state index contributed by atoms with van der Waals surface area (Å²) >= 11 is 0. The molecule has 235 valence electrons. The number of aryl methyl sites for hydroxylation is 2. The van der Waals surface area contributed by atoms with E-state index < -0.39 is 0 Å². The molecule has 0 saturated carbocycles. The molecule has 0 aliphatic rings. The number of hydrogen-bond donors (Lipinski definition) is 0. The number of rotatable bonds is 3. The first-order chi connectivity index (χ1) is 22.2. The SMILES string of the molecule is Cc1c[c-]c(-c2cc(C)c(CC(C)(C)C)cn2)cc1.[Ir].[c-]1ccc2c(oc3c2ccc2ccc4ccccc4c23)c1-c1ccccn1. The molecule has 3 aromatic heterocycles. The van der Waals surface area contributed by atoms with Crippen molar-refractivity contribution in [2.24, 2.45) is 5.41 Å². The second-order valence-electron chi connectivity index (χ2n) is 13.3. The zero-order chi connectivity index (χ0) is 31.8. The summed E-state index contributed by atoms with van der Waals surface area (Å²) in [7, 11) is 0. The average molecular weight is 789 g/mol. The molecular weight excluding hydrogens is 753 g/mol. The van der Waals surface area contributed by atoms with Crippen molar-refractivity contribution in [3.63, 3.8) is 0 Å². The Bertz CT molecular complexity index is 2330. The third kappa shape index (κ3) is 6.63. The van der Waals surface area contributed by atoms with Gasteiger partial charge in [0.2, 0.25) is 0 Å². The minimum atomic E-state index is 0. The summed E-state index contributed by atoms with van der Waals surface area (Å²) in [6.45, 7) is 11.0. The second kappa shape index (κ2) is 13.2. The molecule has 0 saturated heterocycles. The molecule has 0 unspecified atom stereocenters. The molecule has 47 heavy (non-hydrogen) atoms. The van der Waals surface area contributed by atoms with Gasteiger partial charge in [0.05, 0.1) is 5.58 Å². The van der Waals surface area contributed by atoms with Crippen LogP contribution in [0.25, 0.3) is 66.0 Å². The fourth-order valence-corrected chi connectivity index (χ4v) is 6.14. The van der Waals surface area contributed by atoms with Gasteiger partial charge in [-0.05, 0) is 57.9 Å². The van der Waals surface area contributed by atoms with Crippen LogP contribution in [0.3, 0.4) is 0 Å². The standard InChI is InChI=1S/C25H14NO.C18H22N.Ir/c1-2-7-18-16(6-1)11-12-17-13-14-20-19-8-5-9-21(22-10-3-4-15-26-22)24(19)27-25(20)23(17)18;1-13-6-8-15(9-7-13)17-10-14(2)16(12-19-17)11-18(3,4)5;/h1-8,10-15H;6-8,10,12H,11H2,1-5H3;/q2*-1;. The van der Waals surface area contributed by atoms with Crippen LogP contribution in [0, 0.1) is 31.4 Å². The quantitative estimate of drug-likeness (QED) is 0.132. The van der Waals surface area contributed by atoms with Gasteiger partial charge < -0.3 is 14.4 Å². The molecule has 0 aliphatic carbocycles. The maximum Gasteiger partial charge on any atom is 0.129 e. The zero-order valence-electron chi connectivity index (χ0n) is 27.3. The van der Waals surface area contributed by atoms with Gasteiger partial charge in [-0.25, -0.2) is 0 Å². The molecule has 0 fully saturated rings. The van der Waals surface area contributed by atoms with Gasteiger partial charge in [-0.3, -0.25) is 0 Å². The number of fused-ring (bicyclic) bond motifs is 7. The van der Waals surface area contributed by atoms with Crippen LogP contribution in [0.1, 0.15) is 37.5 Å². The molecule has 0 aliphatic heterocycles. The van der Waals surface area contributed by atoms with Gasteiger partial charge >= 0.3 is 0 Å². The zero-order valence-corrected chi connectivity index (χ0v) is 29.7. The van der Waals surface area contributed by atoms with Gasteiger partial charge in [-0.15, -0.1) is 53.6 Å². The molecule has 8 aromatic rings. The molecule has 0 atom stereocenters. The van der Waals surface area contributed by atoms with Crippen LogP contribution < -0.4 is 0 Å². The number of benzene rings is 5. The maximum atomic E-state index is 6.49. The first-order valence-corrected chi connectivity index (χ1v) is 15.8. The van der Waals surface area contributed by atoms with Crippen molar-refractivity contribution in [3.8, 4) is 22.5 Å². The summed E-state index contributed by atoms with van der Waals surface area (Å²) in [5.41, 5.74) is 9.79. The third-order valence-corrected chi connectivity index (χ3v) is 8.41. The van der Waals surface area contributed by atoms with Crippen LogP contribution in [-0.2, 0) is 26.5 Å². The molecule has 8 rings (SSSR count). The van der Waals surface area contributed by atoms with E-state index in [0.29, 0.717) is 5.41 Å². The van der Waals surface area contributed by atoms with E-state index in [1.807, 2.05) is 36.5 Å². The Kier molecular flexibility index (Phi) is 9.10. The van der Waals surface area contributed by atoms with E-state index >= 15 is 0 Å². The Morgan fingerprint density at radius 2 is 1.47 bits per heavy atom. The van der Waals surface area contributed by atoms with Crippen molar-refractivity contribution >= 4 is 43.5 Å². The number of aromatic nitrogens is 2. The molecule has 4 heteroatoms. The van der Waals surface area contributed by atoms with E-state index in [9.17, 15) is 0 Å². The minimum Gasteiger partial charge on any atom is -0.500 e. The van der Waals surface area contributed by atoms with Gasteiger partial charge in [0.15, 0.2) is 0 Å². The van der Waals surface area contributed by atoms with Crippen molar-refractivity contribution in [2.45, 2.75) is 41.0 Å². The van der Waals surface area contributed by atoms with Crippen LogP contribution in [0.4, 0.5) is 0 Å². The van der Waals surface area contributed by atoms with Crippen LogP contribution in [0.5, 0.6) is 0 Å². The van der Waals surface area contributed by atoms with E-state index in [0.717, 1.165) is 56.3 Å². The van der Waals surface area contributed by atoms with Gasteiger partial charge in [0.1, 0.15) is 5.58 Å². The summed E-state index contributed by atoms with van der Waals surface area (Å²) in [5, 5.41) is 6.99. The molecule has 0 amide bonds. The molecule has 3 heterocycles. The normalized spacial score (nSPS) is 11.4. The molecule has 0 spiro atoms. The van der Waals surface area contributed by atoms with Crippen LogP contribution in [0.15, 0.2) is 120 Å². The topological polar surface area (TPSA) is 38.9 Å². The Balaban J connectivity index is 0.000000172. The van der Waals surface area contributed by atoms with E-state index in [1.54, 1.807) is 6.20 Å². The van der Waals surface area contributed by atoms with Crippen molar-refractivity contribution in [1.29, 1.82) is 0 Å². The van der Waals surface area contributed by atoms with Gasteiger partial charge in [0.25, 0.3) is 0 Å². The van der Waals surface area contributed by atoms with Crippen molar-refractivity contribution < 1.29 is 24.5 Å².